The van der Waals surface area contributed by atoms with Crippen molar-refractivity contribution >= 4 is 55.7 Å². The Kier molecular flexibility index (Phi) is 4.36. The van der Waals surface area contributed by atoms with Crippen LogP contribution in [0.3, 0.4) is 0 Å². The summed E-state index contributed by atoms with van der Waals surface area (Å²) in [4.78, 5) is 16.3. The summed E-state index contributed by atoms with van der Waals surface area (Å²) in [5.41, 5.74) is 0.882. The van der Waals surface area contributed by atoms with E-state index >= 15 is 0 Å². The van der Waals surface area contributed by atoms with Gasteiger partial charge in [0, 0.05) is 10.0 Å². The number of amidine groups is 2. The SMILES string of the molecule is CCC1=NN2C(=N)/C(=C\c3cc(Br)ccc3OC)C(=O)N=C2S1. The Morgan fingerprint density at radius 3 is 2.96 bits per heavy atom. The van der Waals surface area contributed by atoms with Gasteiger partial charge in [0.15, 0.2) is 5.84 Å². The van der Waals surface area contributed by atoms with Crippen LogP contribution in [-0.4, -0.2) is 34.1 Å². The summed E-state index contributed by atoms with van der Waals surface area (Å²) in [6, 6.07) is 5.46. The number of hydrogen-bond donors (Lipinski definition) is 1. The third kappa shape index (κ3) is 2.96. The molecule has 0 saturated carbocycles. The number of thioether (sulfide) groups is 1. The molecule has 3 rings (SSSR count). The molecule has 1 aromatic carbocycles. The van der Waals surface area contributed by atoms with Crippen molar-refractivity contribution in [2.75, 3.05) is 7.11 Å². The van der Waals surface area contributed by atoms with Gasteiger partial charge in [-0.2, -0.15) is 15.1 Å². The van der Waals surface area contributed by atoms with Gasteiger partial charge in [0.2, 0.25) is 5.17 Å². The van der Waals surface area contributed by atoms with E-state index in [4.69, 9.17) is 10.1 Å². The second kappa shape index (κ2) is 6.29. The molecule has 23 heavy (non-hydrogen) atoms. The first-order chi connectivity index (χ1) is 11.0. The summed E-state index contributed by atoms with van der Waals surface area (Å²) < 4.78 is 6.16. The zero-order valence-electron chi connectivity index (χ0n) is 12.5. The van der Waals surface area contributed by atoms with Crippen LogP contribution in [-0.2, 0) is 4.79 Å². The average molecular weight is 393 g/mol. The Balaban J connectivity index is 2.04. The fourth-order valence-electron chi connectivity index (χ4n) is 2.15. The van der Waals surface area contributed by atoms with Gasteiger partial charge in [0.25, 0.3) is 5.91 Å². The van der Waals surface area contributed by atoms with Crippen molar-refractivity contribution in [3.63, 3.8) is 0 Å². The Hall–Kier alpha value is -1.93. The lowest BCUT2D eigenvalue weighted by molar-refractivity contribution is -0.114. The van der Waals surface area contributed by atoms with Gasteiger partial charge in [0.05, 0.1) is 12.7 Å². The van der Waals surface area contributed by atoms with E-state index in [1.807, 2.05) is 19.1 Å². The molecular formula is C15H13BrN4O2S. The van der Waals surface area contributed by atoms with Crippen LogP contribution in [0.15, 0.2) is 38.3 Å². The molecule has 0 atom stereocenters. The first-order valence-electron chi connectivity index (χ1n) is 6.86. The molecule has 6 nitrogen and oxygen atoms in total. The maximum absolute atomic E-state index is 12.3. The van der Waals surface area contributed by atoms with Crippen molar-refractivity contribution in [2.45, 2.75) is 13.3 Å². The molecule has 1 aromatic rings. The second-order valence-corrected chi connectivity index (χ2v) is 6.71. The number of hydrogen-bond acceptors (Lipinski definition) is 5. The minimum atomic E-state index is -0.441. The monoisotopic (exact) mass is 392 g/mol. The number of nitrogens with one attached hydrogen (secondary N) is 1. The number of nitrogens with zero attached hydrogens (tertiary/aromatic N) is 3. The molecule has 0 unspecified atom stereocenters. The fourth-order valence-corrected chi connectivity index (χ4v) is 3.35. The van der Waals surface area contributed by atoms with Crippen molar-refractivity contribution in [3.05, 3.63) is 33.8 Å². The minimum absolute atomic E-state index is 0.0259. The molecule has 0 aromatic heterocycles. The number of carbonyl (C=O) groups is 1. The topological polar surface area (TPSA) is 78.1 Å². The maximum atomic E-state index is 12.3. The van der Waals surface area contributed by atoms with E-state index in [9.17, 15) is 4.79 Å². The molecule has 1 N–H and O–H groups in total. The van der Waals surface area contributed by atoms with E-state index in [1.54, 1.807) is 19.3 Å². The third-order valence-electron chi connectivity index (χ3n) is 3.29. The van der Waals surface area contributed by atoms with Crippen LogP contribution in [0.1, 0.15) is 18.9 Å². The lowest BCUT2D eigenvalue weighted by atomic mass is 10.1. The number of aliphatic imine (C=N–C) groups is 1. The van der Waals surface area contributed by atoms with Gasteiger partial charge in [-0.1, -0.05) is 22.9 Å². The van der Waals surface area contributed by atoms with Gasteiger partial charge in [-0.05, 0) is 42.5 Å². The van der Waals surface area contributed by atoms with Crippen LogP contribution in [0.25, 0.3) is 6.08 Å². The molecule has 8 heteroatoms. The van der Waals surface area contributed by atoms with Gasteiger partial charge < -0.3 is 4.74 Å². The smallest absolute Gasteiger partial charge is 0.283 e. The summed E-state index contributed by atoms with van der Waals surface area (Å²) in [6.07, 6.45) is 2.35. The van der Waals surface area contributed by atoms with Crippen molar-refractivity contribution in [1.29, 1.82) is 5.41 Å². The van der Waals surface area contributed by atoms with Crippen molar-refractivity contribution in [3.8, 4) is 5.75 Å². The third-order valence-corrected chi connectivity index (χ3v) is 4.84. The molecule has 1 amide bonds. The number of amides is 1. The molecular weight excluding hydrogens is 380 g/mol. The van der Waals surface area contributed by atoms with E-state index in [-0.39, 0.29) is 11.4 Å². The van der Waals surface area contributed by atoms with Crippen molar-refractivity contribution in [2.24, 2.45) is 10.1 Å². The van der Waals surface area contributed by atoms with Gasteiger partial charge in [0.1, 0.15) is 10.8 Å². The molecule has 0 aliphatic carbocycles. The first kappa shape index (κ1) is 15.9. The Labute approximate surface area is 145 Å². The van der Waals surface area contributed by atoms with Crippen LogP contribution in [0, 0.1) is 5.41 Å². The number of fused-ring (bicyclic) bond motifs is 1. The van der Waals surface area contributed by atoms with E-state index < -0.39 is 5.91 Å². The number of carbonyl (C=O) groups excluding carboxylic acids is 1. The lowest BCUT2D eigenvalue weighted by Crippen LogP contribution is -2.35. The van der Waals surface area contributed by atoms with Crippen LogP contribution < -0.4 is 4.74 Å². The molecule has 118 valence electrons. The summed E-state index contributed by atoms with van der Waals surface area (Å²) >= 11 is 4.72. The standard InChI is InChI=1S/C15H13BrN4O2S/c1-3-12-19-20-13(17)10(14(21)18-15(20)23-12)7-8-6-9(16)4-5-11(8)22-2/h4-7,17H,3H2,1-2H3/b10-7+,17-13?. The summed E-state index contributed by atoms with van der Waals surface area (Å²) in [7, 11) is 1.56. The van der Waals surface area contributed by atoms with Crippen LogP contribution >= 0.6 is 27.7 Å². The normalized spacial score (nSPS) is 18.9. The Bertz CT molecular complexity index is 801. The molecule has 2 aliphatic rings. The number of hydrazone groups is 1. The predicted molar refractivity (Wildman–Crippen MR) is 96.0 cm³/mol. The zero-order chi connectivity index (χ0) is 16.6. The average Bonchev–Trinajstić information content (AvgIpc) is 2.95. The highest BCUT2D eigenvalue weighted by Crippen LogP contribution is 2.31. The molecule has 2 aliphatic heterocycles. The van der Waals surface area contributed by atoms with Crippen LogP contribution in [0.5, 0.6) is 5.75 Å². The minimum Gasteiger partial charge on any atom is -0.496 e. The quantitative estimate of drug-likeness (QED) is 0.798. The highest BCUT2D eigenvalue weighted by molar-refractivity contribution is 9.10. The Morgan fingerprint density at radius 2 is 2.26 bits per heavy atom. The van der Waals surface area contributed by atoms with Gasteiger partial charge >= 0.3 is 0 Å². The summed E-state index contributed by atoms with van der Waals surface area (Å²) in [5, 5.41) is 15.3. The van der Waals surface area contributed by atoms with Crippen molar-refractivity contribution < 1.29 is 9.53 Å². The van der Waals surface area contributed by atoms with Gasteiger partial charge in [-0.3, -0.25) is 10.2 Å². The highest BCUT2D eigenvalue weighted by Gasteiger charge is 2.35. The number of benzene rings is 1. The van der Waals surface area contributed by atoms with E-state index in [1.165, 1.54) is 16.8 Å². The van der Waals surface area contributed by atoms with Crippen LogP contribution in [0.4, 0.5) is 0 Å². The summed E-state index contributed by atoms with van der Waals surface area (Å²) in [6.45, 7) is 1.97. The zero-order valence-corrected chi connectivity index (χ0v) is 14.9. The van der Waals surface area contributed by atoms with Gasteiger partial charge in [-0.25, -0.2) is 0 Å². The number of halogens is 1. The first-order valence-corrected chi connectivity index (χ1v) is 8.47. The molecule has 0 saturated heterocycles. The molecule has 0 bridgehead atoms. The highest BCUT2D eigenvalue weighted by atomic mass is 79.9. The number of rotatable bonds is 3. The largest absolute Gasteiger partial charge is 0.496 e. The fraction of sp³-hybridized carbons (Fsp3) is 0.200. The van der Waals surface area contributed by atoms with E-state index in [0.29, 0.717) is 16.5 Å². The maximum Gasteiger partial charge on any atom is 0.283 e. The molecule has 0 radical (unpaired) electrons. The van der Waals surface area contributed by atoms with Crippen LogP contribution in [0.2, 0.25) is 0 Å². The predicted octanol–water partition coefficient (Wildman–Crippen LogP) is 3.49. The Morgan fingerprint density at radius 1 is 1.48 bits per heavy atom. The second-order valence-electron chi connectivity index (χ2n) is 4.75. The van der Waals surface area contributed by atoms with E-state index in [0.717, 1.165) is 15.9 Å². The van der Waals surface area contributed by atoms with E-state index in [2.05, 4.69) is 26.0 Å². The lowest BCUT2D eigenvalue weighted by Gasteiger charge is -2.20. The number of ether oxygens (including phenoxy) is 1. The number of methoxy groups -OCH3 is 1. The summed E-state index contributed by atoms with van der Waals surface area (Å²) in [5.74, 6) is 0.200. The van der Waals surface area contributed by atoms with Crippen molar-refractivity contribution in [1.82, 2.24) is 5.01 Å². The van der Waals surface area contributed by atoms with Gasteiger partial charge in [-0.15, -0.1) is 0 Å². The molecule has 2 heterocycles. The molecule has 0 fully saturated rings. The molecule has 0 spiro atoms.